The molecule has 0 spiro atoms. The van der Waals surface area contributed by atoms with E-state index in [1.54, 1.807) is 30.3 Å². The summed E-state index contributed by atoms with van der Waals surface area (Å²) in [5, 5.41) is 2.91. The van der Waals surface area contributed by atoms with Crippen molar-refractivity contribution >= 4 is 11.9 Å². The Morgan fingerprint density at radius 2 is 1.79 bits per heavy atom. The van der Waals surface area contributed by atoms with E-state index in [0.29, 0.717) is 35.8 Å². The van der Waals surface area contributed by atoms with Crippen molar-refractivity contribution in [3.63, 3.8) is 0 Å². The van der Waals surface area contributed by atoms with Gasteiger partial charge < -0.3 is 19.5 Å². The first-order chi connectivity index (χ1) is 14.1. The molecular formula is C23H27NO5. The van der Waals surface area contributed by atoms with Crippen LogP contribution in [0.5, 0.6) is 11.5 Å². The predicted octanol–water partition coefficient (Wildman–Crippen LogP) is 4.05. The molecule has 0 unspecified atom stereocenters. The summed E-state index contributed by atoms with van der Waals surface area (Å²) in [5.41, 5.74) is 0.935. The average Bonchev–Trinajstić information content (AvgIpc) is 3.55. The molecule has 1 aliphatic rings. The van der Waals surface area contributed by atoms with Crippen molar-refractivity contribution in [1.82, 2.24) is 5.32 Å². The van der Waals surface area contributed by atoms with E-state index in [0.717, 1.165) is 19.3 Å². The Balaban J connectivity index is 1.79. The molecular weight excluding hydrogens is 370 g/mol. The van der Waals surface area contributed by atoms with E-state index in [-0.39, 0.29) is 11.9 Å². The standard InChI is InChI=1S/C23H27NO5/c1-3-14-28-19-13-10-17(15-20(19)27-4-2)23(26)29-21(16-8-6-5-7-9-16)22(25)24-18-11-12-18/h5-10,13,15,18,21H,3-4,11-12,14H2,1-2H3,(H,24,25)/t21-/m0/s1. The molecule has 1 fully saturated rings. The van der Waals surface area contributed by atoms with Crippen LogP contribution < -0.4 is 14.8 Å². The van der Waals surface area contributed by atoms with Crippen LogP contribution in [0, 0.1) is 0 Å². The first kappa shape index (κ1) is 20.7. The Morgan fingerprint density at radius 1 is 1.03 bits per heavy atom. The minimum Gasteiger partial charge on any atom is -0.490 e. The third-order valence-corrected chi connectivity index (χ3v) is 4.43. The molecule has 0 heterocycles. The van der Waals surface area contributed by atoms with Crippen molar-refractivity contribution in [2.75, 3.05) is 13.2 Å². The van der Waals surface area contributed by atoms with Crippen LogP contribution in [0.1, 0.15) is 55.1 Å². The number of esters is 1. The van der Waals surface area contributed by atoms with E-state index in [1.165, 1.54) is 0 Å². The fourth-order valence-corrected chi connectivity index (χ4v) is 2.81. The molecule has 2 aromatic carbocycles. The number of ether oxygens (including phenoxy) is 3. The Labute approximate surface area is 171 Å². The van der Waals surface area contributed by atoms with Gasteiger partial charge in [0.1, 0.15) is 0 Å². The highest BCUT2D eigenvalue weighted by Gasteiger charge is 2.31. The first-order valence-electron chi connectivity index (χ1n) is 10.1. The molecule has 6 nitrogen and oxygen atoms in total. The highest BCUT2D eigenvalue weighted by atomic mass is 16.5. The lowest BCUT2D eigenvalue weighted by Gasteiger charge is -2.18. The molecule has 0 saturated heterocycles. The van der Waals surface area contributed by atoms with Gasteiger partial charge in [0, 0.05) is 11.6 Å². The van der Waals surface area contributed by atoms with E-state index >= 15 is 0 Å². The minimum absolute atomic E-state index is 0.173. The van der Waals surface area contributed by atoms with Crippen molar-refractivity contribution in [3.8, 4) is 11.5 Å². The average molecular weight is 397 g/mol. The van der Waals surface area contributed by atoms with Crippen molar-refractivity contribution in [2.45, 2.75) is 45.3 Å². The first-order valence-corrected chi connectivity index (χ1v) is 10.1. The van der Waals surface area contributed by atoms with E-state index in [9.17, 15) is 9.59 Å². The molecule has 0 radical (unpaired) electrons. The Kier molecular flexibility index (Phi) is 7.11. The van der Waals surface area contributed by atoms with Crippen LogP contribution in [-0.2, 0) is 9.53 Å². The summed E-state index contributed by atoms with van der Waals surface area (Å²) in [4.78, 5) is 25.5. The molecule has 154 valence electrons. The van der Waals surface area contributed by atoms with Gasteiger partial charge in [-0.25, -0.2) is 4.79 Å². The number of hydrogen-bond acceptors (Lipinski definition) is 5. The lowest BCUT2D eigenvalue weighted by atomic mass is 10.1. The summed E-state index contributed by atoms with van der Waals surface area (Å²) >= 11 is 0. The van der Waals surface area contributed by atoms with Gasteiger partial charge in [-0.05, 0) is 44.4 Å². The summed E-state index contributed by atoms with van der Waals surface area (Å²) in [7, 11) is 0. The third kappa shape index (κ3) is 5.73. The maximum absolute atomic E-state index is 12.8. The largest absolute Gasteiger partial charge is 0.490 e. The number of rotatable bonds is 10. The molecule has 1 saturated carbocycles. The fourth-order valence-electron chi connectivity index (χ4n) is 2.81. The summed E-state index contributed by atoms with van der Waals surface area (Å²) in [6.45, 7) is 4.88. The van der Waals surface area contributed by atoms with Crippen molar-refractivity contribution in [1.29, 1.82) is 0 Å². The Hall–Kier alpha value is -3.02. The van der Waals surface area contributed by atoms with Crippen LogP contribution in [0.3, 0.4) is 0 Å². The fraction of sp³-hybridized carbons (Fsp3) is 0.391. The summed E-state index contributed by atoms with van der Waals surface area (Å²) in [6, 6.07) is 14.1. The van der Waals surface area contributed by atoms with Gasteiger partial charge in [-0.3, -0.25) is 4.79 Å². The molecule has 1 amide bonds. The smallest absolute Gasteiger partial charge is 0.339 e. The second kappa shape index (κ2) is 9.96. The number of amides is 1. The minimum atomic E-state index is -1.00. The number of benzene rings is 2. The molecule has 0 aromatic heterocycles. The quantitative estimate of drug-likeness (QED) is 0.612. The number of carbonyl (C=O) groups is 2. The van der Waals surface area contributed by atoms with E-state index in [2.05, 4.69) is 5.32 Å². The van der Waals surface area contributed by atoms with Gasteiger partial charge in [-0.1, -0.05) is 37.3 Å². The number of hydrogen-bond donors (Lipinski definition) is 1. The van der Waals surface area contributed by atoms with Gasteiger partial charge in [0.15, 0.2) is 11.5 Å². The van der Waals surface area contributed by atoms with Crippen LogP contribution in [-0.4, -0.2) is 31.1 Å². The van der Waals surface area contributed by atoms with E-state index in [4.69, 9.17) is 14.2 Å². The highest BCUT2D eigenvalue weighted by molar-refractivity contribution is 5.93. The summed E-state index contributed by atoms with van der Waals surface area (Å²) < 4.78 is 16.9. The second-order valence-electron chi connectivity index (χ2n) is 6.92. The zero-order chi connectivity index (χ0) is 20.6. The van der Waals surface area contributed by atoms with Gasteiger partial charge in [0.2, 0.25) is 6.10 Å². The highest BCUT2D eigenvalue weighted by Crippen LogP contribution is 2.30. The van der Waals surface area contributed by atoms with Crippen molar-refractivity contribution in [3.05, 3.63) is 59.7 Å². The molecule has 1 aliphatic carbocycles. The molecule has 1 N–H and O–H groups in total. The van der Waals surface area contributed by atoms with Crippen LogP contribution in [0.25, 0.3) is 0 Å². The number of nitrogens with one attached hydrogen (secondary N) is 1. The maximum Gasteiger partial charge on any atom is 0.339 e. The second-order valence-corrected chi connectivity index (χ2v) is 6.92. The van der Waals surface area contributed by atoms with Gasteiger partial charge in [-0.2, -0.15) is 0 Å². The normalized spacial score (nSPS) is 14.0. The van der Waals surface area contributed by atoms with Crippen LogP contribution in [0.4, 0.5) is 0 Å². The van der Waals surface area contributed by atoms with Gasteiger partial charge >= 0.3 is 5.97 Å². The maximum atomic E-state index is 12.8. The summed E-state index contributed by atoms with van der Waals surface area (Å²) in [5.74, 6) is 0.165. The molecule has 29 heavy (non-hydrogen) atoms. The lowest BCUT2D eigenvalue weighted by molar-refractivity contribution is -0.130. The zero-order valence-corrected chi connectivity index (χ0v) is 16.9. The predicted molar refractivity (Wildman–Crippen MR) is 109 cm³/mol. The molecule has 3 rings (SSSR count). The lowest BCUT2D eigenvalue weighted by Crippen LogP contribution is -2.33. The molecule has 1 atom stereocenters. The van der Waals surface area contributed by atoms with Crippen molar-refractivity contribution in [2.24, 2.45) is 0 Å². The van der Waals surface area contributed by atoms with Crippen LogP contribution in [0.2, 0.25) is 0 Å². The monoisotopic (exact) mass is 397 g/mol. The Bertz CT molecular complexity index is 832. The topological polar surface area (TPSA) is 73.9 Å². The third-order valence-electron chi connectivity index (χ3n) is 4.43. The van der Waals surface area contributed by atoms with Crippen LogP contribution >= 0.6 is 0 Å². The summed E-state index contributed by atoms with van der Waals surface area (Å²) in [6.07, 6.45) is 1.77. The Morgan fingerprint density at radius 3 is 2.45 bits per heavy atom. The molecule has 6 heteroatoms. The van der Waals surface area contributed by atoms with Gasteiger partial charge in [0.25, 0.3) is 5.91 Å². The zero-order valence-electron chi connectivity index (χ0n) is 16.9. The molecule has 2 aromatic rings. The van der Waals surface area contributed by atoms with Crippen molar-refractivity contribution < 1.29 is 23.8 Å². The van der Waals surface area contributed by atoms with E-state index < -0.39 is 12.1 Å². The SMILES string of the molecule is CCCOc1ccc(C(=O)O[C@H](C(=O)NC2CC2)c2ccccc2)cc1OCC. The van der Waals surface area contributed by atoms with Gasteiger partial charge in [-0.15, -0.1) is 0 Å². The number of carbonyl (C=O) groups excluding carboxylic acids is 2. The van der Waals surface area contributed by atoms with E-state index in [1.807, 2.05) is 32.0 Å². The van der Waals surface area contributed by atoms with Gasteiger partial charge in [0.05, 0.1) is 18.8 Å². The molecule has 0 bridgehead atoms. The molecule has 0 aliphatic heterocycles. The van der Waals surface area contributed by atoms with Crippen LogP contribution in [0.15, 0.2) is 48.5 Å².